The molecule has 8 heteroatoms. The van der Waals surface area contributed by atoms with Crippen molar-refractivity contribution in [1.82, 2.24) is 0 Å². The fraction of sp³-hybridized carbons (Fsp3) is 0.833. The zero-order valence-electron chi connectivity index (χ0n) is 7.45. The maximum Gasteiger partial charge on any atom is 0.265 e. The number of nitrogens with one attached hydrogen (secondary N) is 1. The summed E-state index contributed by atoms with van der Waals surface area (Å²) >= 11 is 0. The van der Waals surface area contributed by atoms with Crippen LogP contribution in [0.5, 0.6) is 0 Å². The fourth-order valence-electron chi connectivity index (χ4n) is 1.22. The van der Waals surface area contributed by atoms with Crippen molar-refractivity contribution < 1.29 is 34.1 Å². The van der Waals surface area contributed by atoms with Gasteiger partial charge in [-0.25, -0.2) is 4.99 Å². The molecular formula is C6H12NO6P. The summed E-state index contributed by atoms with van der Waals surface area (Å²) in [7, 11) is -4.79. The Labute approximate surface area is 80.3 Å². The number of phosphoric acid groups is 1. The Kier molecular flexibility index (Phi) is 3.41. The minimum atomic E-state index is -4.79. The van der Waals surface area contributed by atoms with Crippen molar-refractivity contribution in [2.75, 3.05) is 6.61 Å². The van der Waals surface area contributed by atoms with Crippen molar-refractivity contribution in [2.45, 2.75) is 25.2 Å². The van der Waals surface area contributed by atoms with Crippen molar-refractivity contribution in [3.05, 3.63) is 0 Å². The van der Waals surface area contributed by atoms with Gasteiger partial charge >= 0.3 is 0 Å². The van der Waals surface area contributed by atoms with Gasteiger partial charge in [-0.3, -0.25) is 4.57 Å². The highest BCUT2D eigenvalue weighted by Gasteiger charge is 2.40. The highest BCUT2D eigenvalue weighted by atomic mass is 31.2. The van der Waals surface area contributed by atoms with Gasteiger partial charge in [-0.05, 0) is 6.92 Å². The first-order valence-corrected chi connectivity index (χ1v) is 5.47. The van der Waals surface area contributed by atoms with Crippen LogP contribution in [0.25, 0.3) is 0 Å². The second-order valence-corrected chi connectivity index (χ2v) is 4.33. The van der Waals surface area contributed by atoms with Crippen molar-refractivity contribution in [3.8, 4) is 0 Å². The SMILES string of the molecule is C[C@@H]1[NH+]=C(COP(=O)([O-])O)[C@@H](O)[C@@H]1O. The molecular weight excluding hydrogens is 213 g/mol. The first-order valence-electron chi connectivity index (χ1n) is 3.98. The number of rotatable bonds is 3. The van der Waals surface area contributed by atoms with Crippen LogP contribution in [0.1, 0.15) is 6.92 Å². The van der Waals surface area contributed by atoms with E-state index in [1.54, 1.807) is 6.92 Å². The molecule has 0 radical (unpaired) electrons. The van der Waals surface area contributed by atoms with E-state index in [2.05, 4.69) is 9.52 Å². The van der Waals surface area contributed by atoms with E-state index in [1.165, 1.54) is 0 Å². The average Bonchev–Trinajstić information content (AvgIpc) is 2.28. The Bertz CT molecular complexity index is 286. The van der Waals surface area contributed by atoms with Gasteiger partial charge in [0.15, 0.2) is 18.2 Å². The van der Waals surface area contributed by atoms with E-state index < -0.39 is 26.6 Å². The van der Waals surface area contributed by atoms with E-state index in [0.717, 1.165) is 0 Å². The predicted molar refractivity (Wildman–Crippen MR) is 43.2 cm³/mol. The molecule has 0 saturated heterocycles. The maximum atomic E-state index is 10.2. The van der Waals surface area contributed by atoms with Crippen LogP contribution >= 0.6 is 7.82 Å². The Balaban J connectivity index is 2.55. The molecule has 0 aromatic carbocycles. The molecule has 4 N–H and O–H groups in total. The van der Waals surface area contributed by atoms with E-state index in [4.69, 9.17) is 4.89 Å². The summed E-state index contributed by atoms with van der Waals surface area (Å²) in [5.41, 5.74) is 0.134. The average molecular weight is 225 g/mol. The fourth-order valence-corrected chi connectivity index (χ4v) is 1.52. The third kappa shape index (κ3) is 2.84. The molecule has 4 atom stereocenters. The van der Waals surface area contributed by atoms with Crippen LogP contribution in [-0.2, 0) is 9.09 Å². The molecule has 0 amide bonds. The monoisotopic (exact) mass is 225 g/mol. The van der Waals surface area contributed by atoms with Gasteiger partial charge in [0.05, 0.1) is 0 Å². The van der Waals surface area contributed by atoms with E-state index in [-0.39, 0.29) is 11.8 Å². The lowest BCUT2D eigenvalue weighted by Gasteiger charge is -2.14. The van der Waals surface area contributed by atoms with Crippen LogP contribution in [-0.4, -0.2) is 45.7 Å². The van der Waals surface area contributed by atoms with Crippen molar-refractivity contribution in [3.63, 3.8) is 0 Å². The first kappa shape index (κ1) is 11.8. The summed E-state index contributed by atoms with van der Waals surface area (Å²) in [4.78, 5) is 21.2. The smallest absolute Gasteiger partial charge is 0.265 e. The Hall–Kier alpha value is -0.300. The molecule has 1 aliphatic heterocycles. The first-order chi connectivity index (χ1) is 6.31. The van der Waals surface area contributed by atoms with Gasteiger partial charge in [-0.2, -0.15) is 0 Å². The molecule has 0 fully saturated rings. The van der Waals surface area contributed by atoms with Gasteiger partial charge in [0, 0.05) is 0 Å². The number of aliphatic hydroxyl groups excluding tert-OH is 2. The third-order valence-electron chi connectivity index (χ3n) is 1.99. The van der Waals surface area contributed by atoms with E-state index in [1.807, 2.05) is 0 Å². The minimum absolute atomic E-state index is 0.134. The number of phosphoric ester groups is 1. The molecule has 0 aliphatic carbocycles. The van der Waals surface area contributed by atoms with Gasteiger partial charge in [0.1, 0.15) is 6.61 Å². The zero-order valence-corrected chi connectivity index (χ0v) is 8.35. The molecule has 1 aliphatic rings. The maximum absolute atomic E-state index is 10.2. The lowest BCUT2D eigenvalue weighted by atomic mass is 10.1. The van der Waals surface area contributed by atoms with Gasteiger partial charge in [0.2, 0.25) is 5.71 Å². The van der Waals surface area contributed by atoms with Crippen LogP contribution in [0.15, 0.2) is 0 Å². The topological polar surface area (TPSA) is 124 Å². The molecule has 14 heavy (non-hydrogen) atoms. The molecule has 0 bridgehead atoms. The predicted octanol–water partition coefficient (Wildman–Crippen LogP) is -3.89. The normalized spacial score (nSPS) is 36.6. The minimum Gasteiger partial charge on any atom is -0.756 e. The second kappa shape index (κ2) is 4.06. The largest absolute Gasteiger partial charge is 0.756 e. The Morgan fingerprint density at radius 1 is 1.64 bits per heavy atom. The summed E-state index contributed by atoms with van der Waals surface area (Å²) in [5.74, 6) is 0. The number of aliphatic hydroxyl groups is 2. The Morgan fingerprint density at radius 2 is 2.21 bits per heavy atom. The molecule has 0 saturated carbocycles. The third-order valence-corrected chi connectivity index (χ3v) is 2.44. The summed E-state index contributed by atoms with van der Waals surface area (Å²) in [5, 5.41) is 18.6. The van der Waals surface area contributed by atoms with Crippen LogP contribution in [0.2, 0.25) is 0 Å². The summed E-state index contributed by atoms with van der Waals surface area (Å²) in [6, 6.07) is -0.381. The summed E-state index contributed by atoms with van der Waals surface area (Å²) in [6.07, 6.45) is -2.19. The quantitative estimate of drug-likeness (QED) is 0.364. The number of hydrogen-bond acceptors (Lipinski definition) is 5. The molecule has 0 aromatic heterocycles. The van der Waals surface area contributed by atoms with E-state index in [0.29, 0.717) is 0 Å². The molecule has 0 spiro atoms. The van der Waals surface area contributed by atoms with Crippen molar-refractivity contribution in [2.24, 2.45) is 0 Å². The van der Waals surface area contributed by atoms with Gasteiger partial charge < -0.3 is 24.5 Å². The Morgan fingerprint density at radius 3 is 2.57 bits per heavy atom. The lowest BCUT2D eigenvalue weighted by molar-refractivity contribution is -0.499. The van der Waals surface area contributed by atoms with Crippen LogP contribution in [0.3, 0.4) is 0 Å². The molecule has 0 aromatic rings. The van der Waals surface area contributed by atoms with Crippen molar-refractivity contribution >= 4 is 13.5 Å². The lowest BCUT2D eigenvalue weighted by Crippen LogP contribution is -2.77. The van der Waals surface area contributed by atoms with Gasteiger partial charge in [-0.1, -0.05) is 0 Å². The number of hydrogen-bond donors (Lipinski definition) is 4. The van der Waals surface area contributed by atoms with Crippen LogP contribution < -0.4 is 9.89 Å². The van der Waals surface area contributed by atoms with Crippen molar-refractivity contribution in [1.29, 1.82) is 0 Å². The van der Waals surface area contributed by atoms with E-state index in [9.17, 15) is 19.7 Å². The highest BCUT2D eigenvalue weighted by molar-refractivity contribution is 7.44. The molecule has 1 heterocycles. The standard InChI is InChI=1S/C6H12NO6P/c1-3-5(8)6(9)4(7-3)2-13-14(10,11)12/h3,5-6,8-9H,2H2,1H3,(H2,10,11,12)/t3-,5+,6+/m0/s1. The second-order valence-electron chi connectivity index (χ2n) is 3.14. The molecule has 7 nitrogen and oxygen atoms in total. The zero-order chi connectivity index (χ0) is 10.9. The van der Waals surface area contributed by atoms with E-state index >= 15 is 0 Å². The summed E-state index contributed by atoms with van der Waals surface area (Å²) < 4.78 is 14.3. The highest BCUT2D eigenvalue weighted by Crippen LogP contribution is 2.29. The summed E-state index contributed by atoms with van der Waals surface area (Å²) in [6.45, 7) is 1.14. The van der Waals surface area contributed by atoms with Gasteiger partial charge in [0.25, 0.3) is 7.82 Å². The van der Waals surface area contributed by atoms with Crippen LogP contribution in [0.4, 0.5) is 0 Å². The van der Waals surface area contributed by atoms with Gasteiger partial charge in [-0.15, -0.1) is 0 Å². The molecule has 1 unspecified atom stereocenters. The molecule has 1 rings (SSSR count). The molecule has 82 valence electrons. The van der Waals surface area contributed by atoms with Crippen LogP contribution in [0, 0.1) is 0 Å².